The first-order valence-electron chi connectivity index (χ1n) is 6.23. The summed E-state index contributed by atoms with van der Waals surface area (Å²) >= 11 is 0. The Hall–Kier alpha value is -1.06. The predicted molar refractivity (Wildman–Crippen MR) is 74.9 cm³/mol. The van der Waals surface area contributed by atoms with Crippen molar-refractivity contribution in [1.82, 2.24) is 10.2 Å². The summed E-state index contributed by atoms with van der Waals surface area (Å²) in [6.07, 6.45) is 0. The van der Waals surface area contributed by atoms with Crippen LogP contribution in [0.3, 0.4) is 0 Å². The molecule has 0 spiro atoms. The predicted octanol–water partition coefficient (Wildman–Crippen LogP) is 1.94. The van der Waals surface area contributed by atoms with E-state index in [4.69, 9.17) is 5.73 Å². The highest BCUT2D eigenvalue weighted by Gasteiger charge is 2.14. The van der Waals surface area contributed by atoms with Crippen molar-refractivity contribution < 1.29 is 0 Å². The fourth-order valence-electron chi connectivity index (χ4n) is 2.06. The number of nitrogens with two attached hydrogens (primary N) is 1. The third kappa shape index (κ3) is 4.36. The minimum Gasteiger partial charge on any atom is -0.398 e. The lowest BCUT2D eigenvalue weighted by atomic mass is 10.0. The molecular formula is C14H25N3. The molecule has 96 valence electrons. The van der Waals surface area contributed by atoms with Gasteiger partial charge in [0, 0.05) is 24.8 Å². The number of nitrogen functional groups attached to an aromatic ring is 1. The van der Waals surface area contributed by atoms with Crippen LogP contribution < -0.4 is 11.1 Å². The highest BCUT2D eigenvalue weighted by molar-refractivity contribution is 5.46. The molecule has 1 aromatic rings. The maximum Gasteiger partial charge on any atom is 0.0359 e. The number of anilines is 1. The fourth-order valence-corrected chi connectivity index (χ4v) is 2.06. The van der Waals surface area contributed by atoms with Gasteiger partial charge in [-0.1, -0.05) is 32.0 Å². The molecule has 0 saturated carbocycles. The minimum absolute atomic E-state index is 0.555. The molecule has 3 heteroatoms. The zero-order chi connectivity index (χ0) is 12.8. The molecule has 0 amide bonds. The SMILES string of the molecule is CC(C)C(CNCc1ccccc1N)N(C)C. The Labute approximate surface area is 105 Å². The monoisotopic (exact) mass is 235 g/mol. The van der Waals surface area contributed by atoms with Crippen molar-refractivity contribution in [2.45, 2.75) is 26.4 Å². The number of likely N-dealkylation sites (N-methyl/N-ethyl adjacent to an activating group) is 1. The zero-order valence-electron chi connectivity index (χ0n) is 11.4. The van der Waals surface area contributed by atoms with Gasteiger partial charge in [-0.25, -0.2) is 0 Å². The van der Waals surface area contributed by atoms with Crippen LogP contribution in [0.1, 0.15) is 19.4 Å². The van der Waals surface area contributed by atoms with Crippen LogP contribution in [-0.2, 0) is 6.54 Å². The van der Waals surface area contributed by atoms with E-state index in [0.717, 1.165) is 18.8 Å². The molecule has 1 aromatic carbocycles. The Bertz CT molecular complexity index is 326. The van der Waals surface area contributed by atoms with E-state index in [9.17, 15) is 0 Å². The minimum atomic E-state index is 0.555. The van der Waals surface area contributed by atoms with Gasteiger partial charge < -0.3 is 16.0 Å². The molecule has 3 nitrogen and oxygen atoms in total. The molecule has 0 radical (unpaired) electrons. The molecule has 0 aliphatic rings. The average molecular weight is 235 g/mol. The van der Waals surface area contributed by atoms with E-state index in [1.54, 1.807) is 0 Å². The van der Waals surface area contributed by atoms with Crippen LogP contribution in [0.4, 0.5) is 5.69 Å². The first-order chi connectivity index (χ1) is 8.02. The van der Waals surface area contributed by atoms with Crippen LogP contribution in [0.15, 0.2) is 24.3 Å². The van der Waals surface area contributed by atoms with E-state index in [0.29, 0.717) is 12.0 Å². The number of hydrogen-bond donors (Lipinski definition) is 2. The molecule has 0 aromatic heterocycles. The second-order valence-electron chi connectivity index (χ2n) is 5.10. The Morgan fingerprint density at radius 2 is 1.88 bits per heavy atom. The Balaban J connectivity index is 2.44. The van der Waals surface area contributed by atoms with Gasteiger partial charge in [0.2, 0.25) is 0 Å². The van der Waals surface area contributed by atoms with Crippen LogP contribution >= 0.6 is 0 Å². The summed E-state index contributed by atoms with van der Waals surface area (Å²) in [6.45, 7) is 6.33. The second-order valence-corrected chi connectivity index (χ2v) is 5.10. The van der Waals surface area contributed by atoms with Crippen molar-refractivity contribution in [2.24, 2.45) is 5.92 Å². The summed E-state index contributed by atoms with van der Waals surface area (Å²) in [6, 6.07) is 8.57. The van der Waals surface area contributed by atoms with E-state index >= 15 is 0 Å². The van der Waals surface area contributed by atoms with Crippen LogP contribution in [0.2, 0.25) is 0 Å². The van der Waals surface area contributed by atoms with E-state index in [2.05, 4.69) is 44.2 Å². The molecule has 0 aliphatic carbocycles. The lowest BCUT2D eigenvalue weighted by Crippen LogP contribution is -2.41. The molecule has 1 atom stereocenters. The van der Waals surface area contributed by atoms with Crippen molar-refractivity contribution in [3.05, 3.63) is 29.8 Å². The van der Waals surface area contributed by atoms with E-state index in [1.165, 1.54) is 5.56 Å². The van der Waals surface area contributed by atoms with Crippen molar-refractivity contribution in [1.29, 1.82) is 0 Å². The third-order valence-electron chi connectivity index (χ3n) is 3.16. The topological polar surface area (TPSA) is 41.3 Å². The largest absolute Gasteiger partial charge is 0.398 e. The fraction of sp³-hybridized carbons (Fsp3) is 0.571. The van der Waals surface area contributed by atoms with Crippen LogP contribution in [0, 0.1) is 5.92 Å². The molecule has 0 aliphatic heterocycles. The average Bonchev–Trinajstić information content (AvgIpc) is 2.25. The quantitative estimate of drug-likeness (QED) is 0.740. The van der Waals surface area contributed by atoms with Gasteiger partial charge in [-0.2, -0.15) is 0 Å². The molecule has 1 rings (SSSR count). The van der Waals surface area contributed by atoms with Crippen LogP contribution in [0.25, 0.3) is 0 Å². The second kappa shape index (κ2) is 6.62. The molecule has 0 saturated heterocycles. The van der Waals surface area contributed by atoms with Crippen molar-refractivity contribution in [3.8, 4) is 0 Å². The smallest absolute Gasteiger partial charge is 0.0359 e. The van der Waals surface area contributed by atoms with E-state index < -0.39 is 0 Å². The molecule has 0 bridgehead atoms. The number of para-hydroxylation sites is 1. The van der Waals surface area contributed by atoms with Crippen LogP contribution in [0.5, 0.6) is 0 Å². The normalized spacial score (nSPS) is 13.3. The molecule has 1 unspecified atom stereocenters. The van der Waals surface area contributed by atoms with E-state index in [1.807, 2.05) is 18.2 Å². The van der Waals surface area contributed by atoms with Gasteiger partial charge in [0.05, 0.1) is 0 Å². The summed E-state index contributed by atoms with van der Waals surface area (Å²) in [4.78, 5) is 2.27. The maximum atomic E-state index is 5.91. The third-order valence-corrected chi connectivity index (χ3v) is 3.16. The first-order valence-corrected chi connectivity index (χ1v) is 6.23. The molecule has 0 heterocycles. The Morgan fingerprint density at radius 3 is 2.41 bits per heavy atom. The standard InChI is InChI=1S/C14H25N3/c1-11(2)14(17(3)4)10-16-9-12-7-5-6-8-13(12)15/h5-8,11,14,16H,9-10,15H2,1-4H3. The van der Waals surface area contributed by atoms with Crippen molar-refractivity contribution in [3.63, 3.8) is 0 Å². The number of benzene rings is 1. The Morgan fingerprint density at radius 1 is 1.24 bits per heavy atom. The number of rotatable bonds is 6. The summed E-state index contributed by atoms with van der Waals surface area (Å²) < 4.78 is 0. The lowest BCUT2D eigenvalue weighted by molar-refractivity contribution is 0.224. The molecule has 0 fully saturated rings. The molecule has 17 heavy (non-hydrogen) atoms. The number of nitrogens with zero attached hydrogens (tertiary/aromatic N) is 1. The molecular weight excluding hydrogens is 210 g/mol. The van der Waals surface area contributed by atoms with Gasteiger partial charge >= 0.3 is 0 Å². The summed E-state index contributed by atoms with van der Waals surface area (Å²) in [5.41, 5.74) is 7.95. The van der Waals surface area contributed by atoms with Gasteiger partial charge in [-0.3, -0.25) is 0 Å². The summed E-state index contributed by atoms with van der Waals surface area (Å²) in [5, 5.41) is 3.48. The summed E-state index contributed by atoms with van der Waals surface area (Å²) in [5.74, 6) is 0.644. The Kier molecular flexibility index (Phi) is 5.45. The van der Waals surface area contributed by atoms with Gasteiger partial charge in [-0.05, 0) is 31.6 Å². The lowest BCUT2D eigenvalue weighted by Gasteiger charge is -2.28. The first kappa shape index (κ1) is 14.0. The highest BCUT2D eigenvalue weighted by atomic mass is 15.1. The number of hydrogen-bond acceptors (Lipinski definition) is 3. The summed E-state index contributed by atoms with van der Waals surface area (Å²) in [7, 11) is 4.26. The van der Waals surface area contributed by atoms with Gasteiger partial charge in [0.15, 0.2) is 0 Å². The number of nitrogens with one attached hydrogen (secondary N) is 1. The van der Waals surface area contributed by atoms with Gasteiger partial charge in [0.1, 0.15) is 0 Å². The maximum absolute atomic E-state index is 5.91. The van der Waals surface area contributed by atoms with Gasteiger partial charge in [0.25, 0.3) is 0 Å². The van der Waals surface area contributed by atoms with Crippen molar-refractivity contribution >= 4 is 5.69 Å². The van der Waals surface area contributed by atoms with E-state index in [-0.39, 0.29) is 0 Å². The van der Waals surface area contributed by atoms with Crippen molar-refractivity contribution in [2.75, 3.05) is 26.4 Å². The van der Waals surface area contributed by atoms with Gasteiger partial charge in [-0.15, -0.1) is 0 Å². The molecule has 3 N–H and O–H groups in total. The zero-order valence-corrected chi connectivity index (χ0v) is 11.4. The van der Waals surface area contributed by atoms with Crippen LogP contribution in [-0.4, -0.2) is 31.6 Å². The highest BCUT2D eigenvalue weighted by Crippen LogP contribution is 2.11.